The van der Waals surface area contributed by atoms with E-state index in [1.54, 1.807) is 20.0 Å². The molecule has 110 valence electrons. The summed E-state index contributed by atoms with van der Waals surface area (Å²) in [6, 6.07) is 3.67. The van der Waals surface area contributed by atoms with E-state index in [9.17, 15) is 9.59 Å². The summed E-state index contributed by atoms with van der Waals surface area (Å²) in [5.74, 6) is 1.11. The maximum absolute atomic E-state index is 10.9. The third kappa shape index (κ3) is 7.67. The predicted molar refractivity (Wildman–Crippen MR) is 77.9 cm³/mol. The molecule has 0 aromatic carbocycles. The van der Waals surface area contributed by atoms with E-state index >= 15 is 0 Å². The van der Waals surface area contributed by atoms with E-state index in [0.717, 1.165) is 37.1 Å². The number of ether oxygens (including phenoxy) is 1. The van der Waals surface area contributed by atoms with E-state index in [4.69, 9.17) is 4.74 Å². The molecule has 0 aliphatic heterocycles. The highest BCUT2D eigenvalue weighted by atomic mass is 16.5. The number of Topliss-reactive ketones (excluding diaryl/α,β-unsaturated/α-hetero) is 2. The zero-order valence-corrected chi connectivity index (χ0v) is 12.4. The van der Waals surface area contributed by atoms with Crippen molar-refractivity contribution in [3.63, 3.8) is 0 Å². The summed E-state index contributed by atoms with van der Waals surface area (Å²) >= 11 is 0. The summed E-state index contributed by atoms with van der Waals surface area (Å²) < 4.78 is 5.58. The van der Waals surface area contributed by atoms with E-state index < -0.39 is 0 Å². The van der Waals surface area contributed by atoms with Crippen LogP contribution in [0.15, 0.2) is 18.3 Å². The summed E-state index contributed by atoms with van der Waals surface area (Å²) in [4.78, 5) is 25.9. The average Bonchev–Trinajstić information content (AvgIpc) is 2.38. The molecule has 4 nitrogen and oxygen atoms in total. The molecule has 0 atom stereocenters. The first kappa shape index (κ1) is 16.3. The normalized spacial score (nSPS) is 10.3. The van der Waals surface area contributed by atoms with Gasteiger partial charge in [0, 0.05) is 18.5 Å². The van der Waals surface area contributed by atoms with Crippen molar-refractivity contribution in [3.05, 3.63) is 24.0 Å². The number of ketones is 2. The van der Waals surface area contributed by atoms with Crippen LogP contribution in [0.4, 0.5) is 0 Å². The van der Waals surface area contributed by atoms with Gasteiger partial charge in [0.2, 0.25) is 0 Å². The first-order valence-electron chi connectivity index (χ1n) is 7.14. The van der Waals surface area contributed by atoms with Crippen LogP contribution in [0.3, 0.4) is 0 Å². The third-order valence-corrected chi connectivity index (χ3v) is 2.92. The van der Waals surface area contributed by atoms with Crippen molar-refractivity contribution >= 4 is 11.6 Å². The molecule has 0 aliphatic carbocycles. The molecule has 1 aromatic heterocycles. The highest BCUT2D eigenvalue weighted by Crippen LogP contribution is 2.11. The smallest absolute Gasteiger partial charge is 0.137 e. The molecule has 4 heteroatoms. The largest absolute Gasteiger partial charge is 0.492 e. The number of aromatic nitrogens is 1. The van der Waals surface area contributed by atoms with E-state index in [1.807, 2.05) is 12.1 Å². The van der Waals surface area contributed by atoms with E-state index in [0.29, 0.717) is 19.4 Å². The zero-order chi connectivity index (χ0) is 14.8. The van der Waals surface area contributed by atoms with Crippen LogP contribution < -0.4 is 4.74 Å². The van der Waals surface area contributed by atoms with Gasteiger partial charge < -0.3 is 9.53 Å². The molecule has 1 rings (SSSR count). The Kier molecular flexibility index (Phi) is 7.55. The van der Waals surface area contributed by atoms with Gasteiger partial charge in [-0.3, -0.25) is 9.78 Å². The minimum absolute atomic E-state index is 0.108. The Morgan fingerprint density at radius 1 is 1.05 bits per heavy atom. The van der Waals surface area contributed by atoms with E-state index in [-0.39, 0.29) is 11.6 Å². The van der Waals surface area contributed by atoms with Crippen LogP contribution in [0.5, 0.6) is 5.75 Å². The second kappa shape index (κ2) is 9.23. The maximum Gasteiger partial charge on any atom is 0.137 e. The Morgan fingerprint density at radius 2 is 1.80 bits per heavy atom. The molecule has 0 saturated carbocycles. The number of rotatable bonds is 10. The van der Waals surface area contributed by atoms with Gasteiger partial charge in [0.1, 0.15) is 17.3 Å². The Morgan fingerprint density at radius 3 is 2.40 bits per heavy atom. The number of hydrogen-bond acceptors (Lipinski definition) is 4. The molecule has 1 heterocycles. The summed E-state index contributed by atoms with van der Waals surface area (Å²) in [7, 11) is 0. The van der Waals surface area contributed by atoms with Gasteiger partial charge >= 0.3 is 0 Å². The molecule has 0 unspecified atom stereocenters. The SMILES string of the molecule is CC(=O)CCCCCCOc1ccc(CC(C)=O)nc1. The predicted octanol–water partition coefficient (Wildman–Crippen LogP) is 3.13. The summed E-state index contributed by atoms with van der Waals surface area (Å²) in [6.45, 7) is 3.85. The molecular weight excluding hydrogens is 254 g/mol. The minimum atomic E-state index is 0.108. The van der Waals surface area contributed by atoms with Crippen molar-refractivity contribution in [1.82, 2.24) is 4.98 Å². The Balaban J connectivity index is 2.13. The fourth-order valence-electron chi connectivity index (χ4n) is 1.88. The Bertz CT molecular complexity index is 426. The number of hydrogen-bond donors (Lipinski definition) is 0. The van der Waals surface area contributed by atoms with Gasteiger partial charge in [-0.2, -0.15) is 0 Å². The second-order valence-electron chi connectivity index (χ2n) is 5.08. The number of unbranched alkanes of at least 4 members (excludes halogenated alkanes) is 3. The van der Waals surface area contributed by atoms with Crippen LogP contribution in [0, 0.1) is 0 Å². The van der Waals surface area contributed by atoms with Crippen LogP contribution in [-0.2, 0) is 16.0 Å². The van der Waals surface area contributed by atoms with Crippen LogP contribution in [-0.4, -0.2) is 23.2 Å². The molecule has 0 bridgehead atoms. The molecule has 0 fully saturated rings. The number of carbonyl (C=O) groups excluding carboxylic acids is 2. The molecule has 1 aromatic rings. The molecule has 0 amide bonds. The quantitative estimate of drug-likeness (QED) is 0.616. The molecule has 0 saturated heterocycles. The molecule has 0 N–H and O–H groups in total. The van der Waals surface area contributed by atoms with Gasteiger partial charge in [-0.25, -0.2) is 0 Å². The van der Waals surface area contributed by atoms with Crippen molar-refractivity contribution in [3.8, 4) is 5.75 Å². The van der Waals surface area contributed by atoms with Gasteiger partial charge in [-0.05, 0) is 38.8 Å². The summed E-state index contributed by atoms with van der Waals surface area (Å²) in [5, 5.41) is 0. The van der Waals surface area contributed by atoms with Crippen molar-refractivity contribution in [2.75, 3.05) is 6.61 Å². The Hall–Kier alpha value is -1.71. The number of carbonyl (C=O) groups is 2. The second-order valence-corrected chi connectivity index (χ2v) is 5.08. The number of pyridine rings is 1. The standard InChI is InChI=1S/C16H23NO3/c1-13(18)7-5-3-4-6-10-20-16-9-8-15(17-12-16)11-14(2)19/h8-9,12H,3-7,10-11H2,1-2H3. The Labute approximate surface area is 120 Å². The van der Waals surface area contributed by atoms with Gasteiger partial charge in [0.05, 0.1) is 12.8 Å². The van der Waals surface area contributed by atoms with Crippen LogP contribution in [0.2, 0.25) is 0 Å². The fraction of sp³-hybridized carbons (Fsp3) is 0.562. The van der Waals surface area contributed by atoms with E-state index in [1.165, 1.54) is 0 Å². The van der Waals surface area contributed by atoms with Crippen LogP contribution >= 0.6 is 0 Å². The molecule has 20 heavy (non-hydrogen) atoms. The van der Waals surface area contributed by atoms with Crippen LogP contribution in [0.1, 0.15) is 51.6 Å². The van der Waals surface area contributed by atoms with Gasteiger partial charge in [0.25, 0.3) is 0 Å². The highest BCUT2D eigenvalue weighted by molar-refractivity contribution is 5.77. The van der Waals surface area contributed by atoms with Crippen molar-refractivity contribution in [1.29, 1.82) is 0 Å². The van der Waals surface area contributed by atoms with Crippen LogP contribution in [0.25, 0.3) is 0 Å². The van der Waals surface area contributed by atoms with Crippen molar-refractivity contribution in [2.45, 2.75) is 52.4 Å². The summed E-state index contributed by atoms with van der Waals surface area (Å²) in [6.07, 6.45) is 6.80. The third-order valence-electron chi connectivity index (χ3n) is 2.92. The molecular formula is C16H23NO3. The van der Waals surface area contributed by atoms with Gasteiger partial charge in [-0.15, -0.1) is 0 Å². The van der Waals surface area contributed by atoms with Gasteiger partial charge in [0.15, 0.2) is 0 Å². The monoisotopic (exact) mass is 277 g/mol. The maximum atomic E-state index is 10.9. The lowest BCUT2D eigenvalue weighted by Gasteiger charge is -2.06. The van der Waals surface area contributed by atoms with Crippen molar-refractivity contribution < 1.29 is 14.3 Å². The first-order chi connectivity index (χ1) is 9.58. The van der Waals surface area contributed by atoms with Crippen molar-refractivity contribution in [2.24, 2.45) is 0 Å². The summed E-state index contributed by atoms with van der Waals surface area (Å²) in [5.41, 5.74) is 0.772. The molecule has 0 radical (unpaired) electrons. The first-order valence-corrected chi connectivity index (χ1v) is 7.14. The lowest BCUT2D eigenvalue weighted by atomic mass is 10.1. The molecule has 0 aliphatic rings. The van der Waals surface area contributed by atoms with Gasteiger partial charge in [-0.1, -0.05) is 12.8 Å². The molecule has 0 spiro atoms. The average molecular weight is 277 g/mol. The zero-order valence-electron chi connectivity index (χ0n) is 12.4. The lowest BCUT2D eigenvalue weighted by molar-refractivity contribution is -0.117. The highest BCUT2D eigenvalue weighted by Gasteiger charge is 2.00. The van der Waals surface area contributed by atoms with E-state index in [2.05, 4.69) is 4.98 Å². The fourth-order valence-corrected chi connectivity index (χ4v) is 1.88. The topological polar surface area (TPSA) is 56.3 Å². The number of nitrogens with zero attached hydrogens (tertiary/aromatic N) is 1. The minimum Gasteiger partial charge on any atom is -0.492 e. The lowest BCUT2D eigenvalue weighted by Crippen LogP contribution is -2.01.